The Bertz CT molecular complexity index is 824. The van der Waals surface area contributed by atoms with E-state index >= 15 is 0 Å². The molecule has 0 saturated carbocycles. The number of carbonyl (C=O) groups is 1. The van der Waals surface area contributed by atoms with Crippen LogP contribution in [0.2, 0.25) is 0 Å². The van der Waals surface area contributed by atoms with Gasteiger partial charge in [-0.05, 0) is 60.6 Å². The smallest absolute Gasteiger partial charge is 0.253 e. The van der Waals surface area contributed by atoms with Crippen LogP contribution in [-0.2, 0) is 0 Å². The maximum atomic E-state index is 13.1. The molecule has 156 valence electrons. The second kappa shape index (κ2) is 9.68. The van der Waals surface area contributed by atoms with E-state index in [1.54, 1.807) is 21.3 Å². The quantitative estimate of drug-likeness (QED) is 0.686. The number of ether oxygens (including phenoxy) is 3. The van der Waals surface area contributed by atoms with Crippen LogP contribution in [0.3, 0.4) is 0 Å². The third-order valence-electron chi connectivity index (χ3n) is 5.82. The van der Waals surface area contributed by atoms with Gasteiger partial charge in [-0.2, -0.15) is 0 Å². The normalized spacial score (nSPS) is 16.8. The molecule has 1 saturated heterocycles. The molecule has 5 nitrogen and oxygen atoms in total. The second-order valence-corrected chi connectivity index (χ2v) is 7.49. The van der Waals surface area contributed by atoms with E-state index in [0.29, 0.717) is 22.8 Å². The van der Waals surface area contributed by atoms with Crippen molar-refractivity contribution < 1.29 is 19.0 Å². The van der Waals surface area contributed by atoms with Gasteiger partial charge in [0, 0.05) is 18.7 Å². The van der Waals surface area contributed by atoms with E-state index in [-0.39, 0.29) is 5.91 Å². The van der Waals surface area contributed by atoms with Crippen LogP contribution in [0.5, 0.6) is 17.2 Å². The lowest BCUT2D eigenvalue weighted by atomic mass is 9.98. The van der Waals surface area contributed by atoms with Crippen LogP contribution in [-0.4, -0.2) is 45.2 Å². The highest BCUT2D eigenvalue weighted by molar-refractivity contribution is 5.95. The first-order valence-corrected chi connectivity index (χ1v) is 10.3. The van der Waals surface area contributed by atoms with Gasteiger partial charge in [0.2, 0.25) is 5.75 Å². The molecule has 1 aliphatic heterocycles. The standard InChI is InChI=1S/C24H31NO4/c1-5-17-8-7-12-25(13-11-17)24(26)19-10-6-9-18(14-19)20-15-21(27-2)23(29-4)22(16-20)28-3/h6,9-10,14-17H,5,7-8,11-13H2,1-4H3. The molecule has 1 aliphatic rings. The molecule has 0 N–H and O–H groups in total. The molecule has 1 fully saturated rings. The minimum Gasteiger partial charge on any atom is -0.493 e. The minimum atomic E-state index is 0.107. The first-order chi connectivity index (χ1) is 14.1. The fourth-order valence-electron chi connectivity index (χ4n) is 4.04. The molecule has 0 aromatic heterocycles. The van der Waals surface area contributed by atoms with E-state index in [4.69, 9.17) is 14.2 Å². The summed E-state index contributed by atoms with van der Waals surface area (Å²) in [7, 11) is 4.79. The summed E-state index contributed by atoms with van der Waals surface area (Å²) in [4.78, 5) is 15.1. The zero-order valence-corrected chi connectivity index (χ0v) is 17.9. The molecule has 5 heteroatoms. The number of likely N-dealkylation sites (tertiary alicyclic amines) is 1. The van der Waals surface area contributed by atoms with Crippen LogP contribution in [0.15, 0.2) is 36.4 Å². The van der Waals surface area contributed by atoms with Gasteiger partial charge in [-0.25, -0.2) is 0 Å². The fourth-order valence-corrected chi connectivity index (χ4v) is 4.04. The van der Waals surface area contributed by atoms with Gasteiger partial charge in [0.1, 0.15) is 0 Å². The summed E-state index contributed by atoms with van der Waals surface area (Å²) in [5, 5.41) is 0. The monoisotopic (exact) mass is 397 g/mol. The van der Waals surface area contributed by atoms with Crippen molar-refractivity contribution in [2.45, 2.75) is 32.6 Å². The molecule has 1 atom stereocenters. The third-order valence-corrected chi connectivity index (χ3v) is 5.82. The van der Waals surface area contributed by atoms with Crippen molar-refractivity contribution >= 4 is 5.91 Å². The Morgan fingerprint density at radius 2 is 1.69 bits per heavy atom. The van der Waals surface area contributed by atoms with Gasteiger partial charge in [0.25, 0.3) is 5.91 Å². The van der Waals surface area contributed by atoms with Crippen molar-refractivity contribution in [3.8, 4) is 28.4 Å². The van der Waals surface area contributed by atoms with E-state index < -0.39 is 0 Å². The summed E-state index contributed by atoms with van der Waals surface area (Å²) in [6.45, 7) is 3.92. The molecule has 0 bridgehead atoms. The summed E-state index contributed by atoms with van der Waals surface area (Å²) in [6.07, 6.45) is 4.58. The maximum absolute atomic E-state index is 13.1. The van der Waals surface area contributed by atoms with Gasteiger partial charge in [0.15, 0.2) is 11.5 Å². The zero-order chi connectivity index (χ0) is 20.8. The molecular weight excluding hydrogens is 366 g/mol. The van der Waals surface area contributed by atoms with Crippen LogP contribution in [0, 0.1) is 5.92 Å². The summed E-state index contributed by atoms with van der Waals surface area (Å²) < 4.78 is 16.3. The van der Waals surface area contributed by atoms with E-state index in [1.165, 1.54) is 12.8 Å². The highest BCUT2D eigenvalue weighted by Gasteiger charge is 2.21. The number of amides is 1. The van der Waals surface area contributed by atoms with E-state index in [0.717, 1.165) is 43.0 Å². The first-order valence-electron chi connectivity index (χ1n) is 10.3. The van der Waals surface area contributed by atoms with Crippen LogP contribution >= 0.6 is 0 Å². The lowest BCUT2D eigenvalue weighted by Crippen LogP contribution is -2.32. The Morgan fingerprint density at radius 3 is 2.31 bits per heavy atom. The first kappa shape index (κ1) is 21.0. The molecular formula is C24H31NO4. The van der Waals surface area contributed by atoms with Gasteiger partial charge in [-0.15, -0.1) is 0 Å². The Labute approximate surface area is 173 Å². The van der Waals surface area contributed by atoms with Gasteiger partial charge < -0.3 is 19.1 Å². The summed E-state index contributed by atoms with van der Waals surface area (Å²) in [6, 6.07) is 11.6. The van der Waals surface area contributed by atoms with E-state index in [1.807, 2.05) is 41.3 Å². The topological polar surface area (TPSA) is 48.0 Å². The van der Waals surface area contributed by atoms with Gasteiger partial charge in [0.05, 0.1) is 21.3 Å². The predicted octanol–water partition coefficient (Wildman–Crippen LogP) is 5.03. The molecule has 0 aliphatic carbocycles. The average molecular weight is 398 g/mol. The molecule has 1 unspecified atom stereocenters. The van der Waals surface area contributed by atoms with Gasteiger partial charge in [-0.3, -0.25) is 4.79 Å². The molecule has 0 spiro atoms. The Balaban J connectivity index is 1.89. The Morgan fingerprint density at radius 1 is 0.966 bits per heavy atom. The minimum absolute atomic E-state index is 0.107. The molecule has 1 amide bonds. The summed E-state index contributed by atoms with van der Waals surface area (Å²) in [5.74, 6) is 2.59. The molecule has 0 radical (unpaired) electrons. The van der Waals surface area contributed by atoms with Crippen molar-refractivity contribution in [3.63, 3.8) is 0 Å². The van der Waals surface area contributed by atoms with E-state index in [9.17, 15) is 4.79 Å². The van der Waals surface area contributed by atoms with Crippen LogP contribution in [0.1, 0.15) is 43.0 Å². The summed E-state index contributed by atoms with van der Waals surface area (Å²) >= 11 is 0. The number of rotatable bonds is 6. The average Bonchev–Trinajstić information content (AvgIpc) is 3.03. The number of hydrogen-bond donors (Lipinski definition) is 0. The van der Waals surface area contributed by atoms with Crippen LogP contribution in [0.4, 0.5) is 0 Å². The molecule has 3 rings (SSSR count). The number of hydrogen-bond acceptors (Lipinski definition) is 4. The molecule has 2 aromatic carbocycles. The molecule has 29 heavy (non-hydrogen) atoms. The lowest BCUT2D eigenvalue weighted by molar-refractivity contribution is 0.0760. The van der Waals surface area contributed by atoms with Crippen LogP contribution < -0.4 is 14.2 Å². The van der Waals surface area contributed by atoms with Crippen molar-refractivity contribution in [2.24, 2.45) is 5.92 Å². The lowest BCUT2D eigenvalue weighted by Gasteiger charge is -2.21. The fraction of sp³-hybridized carbons (Fsp3) is 0.458. The molecule has 1 heterocycles. The largest absolute Gasteiger partial charge is 0.493 e. The van der Waals surface area contributed by atoms with Crippen molar-refractivity contribution in [1.82, 2.24) is 4.90 Å². The number of methoxy groups -OCH3 is 3. The SMILES string of the molecule is CCC1CCCN(C(=O)c2cccc(-c3cc(OC)c(OC)c(OC)c3)c2)CC1. The maximum Gasteiger partial charge on any atom is 0.253 e. The number of carbonyl (C=O) groups excluding carboxylic acids is 1. The summed E-state index contributed by atoms with van der Waals surface area (Å²) in [5.41, 5.74) is 2.57. The number of benzene rings is 2. The highest BCUT2D eigenvalue weighted by atomic mass is 16.5. The van der Waals surface area contributed by atoms with E-state index in [2.05, 4.69) is 6.92 Å². The molecule has 2 aromatic rings. The van der Waals surface area contributed by atoms with Crippen LogP contribution in [0.25, 0.3) is 11.1 Å². The highest BCUT2D eigenvalue weighted by Crippen LogP contribution is 2.41. The predicted molar refractivity (Wildman–Crippen MR) is 115 cm³/mol. The zero-order valence-electron chi connectivity index (χ0n) is 17.9. The van der Waals surface area contributed by atoms with Gasteiger partial charge in [-0.1, -0.05) is 25.5 Å². The number of nitrogens with zero attached hydrogens (tertiary/aromatic N) is 1. The van der Waals surface area contributed by atoms with Crippen molar-refractivity contribution in [3.05, 3.63) is 42.0 Å². The van der Waals surface area contributed by atoms with Crippen molar-refractivity contribution in [1.29, 1.82) is 0 Å². The Kier molecular flexibility index (Phi) is 7.02. The van der Waals surface area contributed by atoms with Crippen molar-refractivity contribution in [2.75, 3.05) is 34.4 Å². The third kappa shape index (κ3) is 4.66. The Hall–Kier alpha value is -2.69. The van der Waals surface area contributed by atoms with Gasteiger partial charge >= 0.3 is 0 Å². The second-order valence-electron chi connectivity index (χ2n) is 7.49.